The summed E-state index contributed by atoms with van der Waals surface area (Å²) in [6.45, 7) is 4.36. The molecular formula is C15H24N2. The van der Waals surface area contributed by atoms with Crippen molar-refractivity contribution < 1.29 is 0 Å². The zero-order valence-corrected chi connectivity index (χ0v) is 11.1. The largest absolute Gasteiger partial charge is 0.321 e. The molecule has 94 valence electrons. The highest BCUT2D eigenvalue weighted by Crippen LogP contribution is 2.38. The van der Waals surface area contributed by atoms with Crippen LogP contribution < -0.4 is 5.73 Å². The summed E-state index contributed by atoms with van der Waals surface area (Å²) in [6.07, 6.45) is 11.3. The third-order valence-corrected chi connectivity index (χ3v) is 4.14. The van der Waals surface area contributed by atoms with Gasteiger partial charge < -0.3 is 5.73 Å². The minimum absolute atomic E-state index is 0.122. The molecule has 0 aromatic carbocycles. The third-order valence-electron chi connectivity index (χ3n) is 4.14. The van der Waals surface area contributed by atoms with Gasteiger partial charge in [-0.2, -0.15) is 0 Å². The molecule has 0 atom stereocenters. The first-order valence-corrected chi connectivity index (χ1v) is 6.85. The first-order valence-electron chi connectivity index (χ1n) is 6.85. The van der Waals surface area contributed by atoms with E-state index in [0.717, 1.165) is 18.8 Å². The topological polar surface area (TPSA) is 38.9 Å². The fourth-order valence-corrected chi connectivity index (χ4v) is 3.01. The second-order valence-electron chi connectivity index (χ2n) is 5.64. The Labute approximate surface area is 105 Å². The first-order chi connectivity index (χ1) is 8.14. The van der Waals surface area contributed by atoms with E-state index < -0.39 is 0 Å². The summed E-state index contributed by atoms with van der Waals surface area (Å²) in [5, 5.41) is 0. The Hall–Kier alpha value is -0.890. The maximum atomic E-state index is 6.57. The van der Waals surface area contributed by atoms with Crippen LogP contribution in [0.3, 0.4) is 0 Å². The molecule has 1 aromatic rings. The molecule has 0 bridgehead atoms. The Bertz CT molecular complexity index is 365. The summed E-state index contributed by atoms with van der Waals surface area (Å²) in [5.41, 5.74) is 8.89. The lowest BCUT2D eigenvalue weighted by molar-refractivity contribution is 0.226. The van der Waals surface area contributed by atoms with E-state index in [2.05, 4.69) is 24.9 Å². The normalized spacial score (nSPS) is 29.2. The minimum Gasteiger partial charge on any atom is -0.321 e. The lowest BCUT2D eigenvalue weighted by Crippen LogP contribution is -2.40. The second-order valence-corrected chi connectivity index (χ2v) is 5.64. The van der Waals surface area contributed by atoms with Gasteiger partial charge in [-0.05, 0) is 49.7 Å². The summed E-state index contributed by atoms with van der Waals surface area (Å²) < 4.78 is 0. The SMILES string of the molecule is CCCC1CCC(N)(c2cncc(C)c2)CC1. The van der Waals surface area contributed by atoms with Gasteiger partial charge in [-0.3, -0.25) is 4.98 Å². The summed E-state index contributed by atoms with van der Waals surface area (Å²) in [4.78, 5) is 4.28. The van der Waals surface area contributed by atoms with Gasteiger partial charge in [-0.25, -0.2) is 0 Å². The van der Waals surface area contributed by atoms with Gasteiger partial charge in [0.25, 0.3) is 0 Å². The maximum absolute atomic E-state index is 6.57. The molecule has 0 amide bonds. The molecule has 1 aliphatic rings. The molecule has 0 saturated heterocycles. The summed E-state index contributed by atoms with van der Waals surface area (Å²) in [6, 6.07) is 2.20. The van der Waals surface area contributed by atoms with E-state index >= 15 is 0 Å². The number of hydrogen-bond donors (Lipinski definition) is 1. The van der Waals surface area contributed by atoms with Crippen molar-refractivity contribution in [3.8, 4) is 0 Å². The molecule has 0 unspecified atom stereocenters. The second kappa shape index (κ2) is 5.18. The van der Waals surface area contributed by atoms with Crippen molar-refractivity contribution >= 4 is 0 Å². The van der Waals surface area contributed by atoms with Crippen LogP contribution in [-0.2, 0) is 5.54 Å². The van der Waals surface area contributed by atoms with E-state index in [-0.39, 0.29) is 5.54 Å². The van der Waals surface area contributed by atoms with Gasteiger partial charge in [0.1, 0.15) is 0 Å². The van der Waals surface area contributed by atoms with Crippen LogP contribution in [0.5, 0.6) is 0 Å². The standard InChI is InChI=1S/C15H24N2/c1-3-4-13-5-7-15(16,8-6-13)14-9-12(2)10-17-11-14/h9-11,13H,3-8,16H2,1-2H3. The highest BCUT2D eigenvalue weighted by Gasteiger charge is 2.33. The monoisotopic (exact) mass is 232 g/mol. The van der Waals surface area contributed by atoms with Crippen LogP contribution in [0.4, 0.5) is 0 Å². The number of aromatic nitrogens is 1. The zero-order chi connectivity index (χ0) is 12.3. The average Bonchev–Trinajstić information content (AvgIpc) is 2.33. The predicted octanol–water partition coefficient (Wildman–Crippen LogP) is 3.53. The predicted molar refractivity (Wildman–Crippen MR) is 71.7 cm³/mol. The summed E-state index contributed by atoms with van der Waals surface area (Å²) in [5.74, 6) is 0.898. The summed E-state index contributed by atoms with van der Waals surface area (Å²) >= 11 is 0. The van der Waals surface area contributed by atoms with Gasteiger partial charge in [0.15, 0.2) is 0 Å². The molecule has 1 heterocycles. The molecular weight excluding hydrogens is 208 g/mol. The van der Waals surface area contributed by atoms with E-state index in [1.54, 1.807) is 0 Å². The molecule has 2 N–H and O–H groups in total. The van der Waals surface area contributed by atoms with Crippen LogP contribution >= 0.6 is 0 Å². The van der Waals surface area contributed by atoms with Crippen LogP contribution in [0, 0.1) is 12.8 Å². The Morgan fingerprint density at radius 3 is 2.65 bits per heavy atom. The lowest BCUT2D eigenvalue weighted by atomic mass is 9.72. The molecule has 0 aliphatic heterocycles. The molecule has 1 aromatic heterocycles. The molecule has 2 rings (SSSR count). The third kappa shape index (κ3) is 2.86. The van der Waals surface area contributed by atoms with Crippen LogP contribution in [-0.4, -0.2) is 4.98 Å². The highest BCUT2D eigenvalue weighted by molar-refractivity contribution is 5.25. The molecule has 1 saturated carbocycles. The van der Waals surface area contributed by atoms with Crippen molar-refractivity contribution in [1.29, 1.82) is 0 Å². The fraction of sp³-hybridized carbons (Fsp3) is 0.667. The van der Waals surface area contributed by atoms with E-state index in [1.807, 2.05) is 12.4 Å². The smallest absolute Gasteiger partial charge is 0.0425 e. The van der Waals surface area contributed by atoms with Crippen molar-refractivity contribution in [1.82, 2.24) is 4.98 Å². The Morgan fingerprint density at radius 2 is 2.06 bits per heavy atom. The van der Waals surface area contributed by atoms with Gasteiger partial charge in [-0.15, -0.1) is 0 Å². The molecule has 2 nitrogen and oxygen atoms in total. The van der Waals surface area contributed by atoms with Gasteiger partial charge in [-0.1, -0.05) is 25.8 Å². The molecule has 2 heteroatoms. The number of aryl methyl sites for hydroxylation is 1. The number of hydrogen-bond acceptors (Lipinski definition) is 2. The first kappa shape index (κ1) is 12.6. The molecule has 0 radical (unpaired) electrons. The van der Waals surface area contributed by atoms with Crippen LogP contribution in [0.1, 0.15) is 56.6 Å². The van der Waals surface area contributed by atoms with Gasteiger partial charge in [0.05, 0.1) is 0 Å². The maximum Gasteiger partial charge on any atom is 0.0425 e. The molecule has 17 heavy (non-hydrogen) atoms. The van der Waals surface area contributed by atoms with E-state index in [1.165, 1.54) is 36.8 Å². The van der Waals surface area contributed by atoms with Crippen molar-refractivity contribution in [2.75, 3.05) is 0 Å². The van der Waals surface area contributed by atoms with Crippen molar-refractivity contribution in [2.24, 2.45) is 11.7 Å². The van der Waals surface area contributed by atoms with Gasteiger partial charge in [0.2, 0.25) is 0 Å². The quantitative estimate of drug-likeness (QED) is 0.865. The van der Waals surface area contributed by atoms with Gasteiger partial charge >= 0.3 is 0 Å². The number of nitrogens with two attached hydrogens (primary N) is 1. The summed E-state index contributed by atoms with van der Waals surface area (Å²) in [7, 11) is 0. The van der Waals surface area contributed by atoms with Crippen molar-refractivity contribution in [2.45, 2.75) is 57.9 Å². The molecule has 0 spiro atoms. The van der Waals surface area contributed by atoms with Gasteiger partial charge in [0, 0.05) is 17.9 Å². The van der Waals surface area contributed by atoms with Crippen LogP contribution in [0.25, 0.3) is 0 Å². The number of rotatable bonds is 3. The minimum atomic E-state index is -0.122. The van der Waals surface area contributed by atoms with E-state index in [9.17, 15) is 0 Å². The zero-order valence-electron chi connectivity index (χ0n) is 11.1. The number of pyridine rings is 1. The molecule has 1 fully saturated rings. The Morgan fingerprint density at radius 1 is 1.35 bits per heavy atom. The lowest BCUT2D eigenvalue weighted by Gasteiger charge is -2.37. The van der Waals surface area contributed by atoms with Crippen LogP contribution in [0.2, 0.25) is 0 Å². The fourth-order valence-electron chi connectivity index (χ4n) is 3.01. The number of nitrogens with zero attached hydrogens (tertiary/aromatic N) is 1. The van der Waals surface area contributed by atoms with Crippen molar-refractivity contribution in [3.63, 3.8) is 0 Å². The highest BCUT2D eigenvalue weighted by atomic mass is 14.8. The Kier molecular flexibility index (Phi) is 3.82. The van der Waals surface area contributed by atoms with E-state index in [4.69, 9.17) is 5.73 Å². The van der Waals surface area contributed by atoms with Crippen molar-refractivity contribution in [3.05, 3.63) is 29.6 Å². The molecule has 1 aliphatic carbocycles. The van der Waals surface area contributed by atoms with Crippen LogP contribution in [0.15, 0.2) is 18.5 Å². The Balaban J connectivity index is 2.06. The van der Waals surface area contributed by atoms with E-state index in [0.29, 0.717) is 0 Å². The average molecular weight is 232 g/mol.